The van der Waals surface area contributed by atoms with Gasteiger partial charge in [0.05, 0.1) is 0 Å². The third-order valence-corrected chi connectivity index (χ3v) is 1.20. The van der Waals surface area contributed by atoms with Crippen molar-refractivity contribution in [2.75, 3.05) is 0 Å². The van der Waals surface area contributed by atoms with E-state index in [1.165, 1.54) is 5.56 Å². The second kappa shape index (κ2) is 15.0. The molecule has 0 unspecified atom stereocenters. The quantitative estimate of drug-likeness (QED) is 0.531. The van der Waals surface area contributed by atoms with Crippen molar-refractivity contribution in [2.24, 2.45) is 0 Å². The Morgan fingerprint density at radius 1 is 1.23 bits per heavy atom. The van der Waals surface area contributed by atoms with Crippen LogP contribution in [0.4, 0.5) is 0 Å². The van der Waals surface area contributed by atoms with Crippen LogP contribution in [-0.4, -0.2) is 23.1 Å². The van der Waals surface area contributed by atoms with Gasteiger partial charge in [-0.15, -0.1) is 17.0 Å². The van der Waals surface area contributed by atoms with E-state index >= 15 is 0 Å². The van der Waals surface area contributed by atoms with Gasteiger partial charge in [-0.05, 0) is 0 Å². The van der Waals surface area contributed by atoms with Crippen molar-refractivity contribution in [1.29, 1.82) is 0 Å². The van der Waals surface area contributed by atoms with Crippen molar-refractivity contribution < 1.29 is 0 Å². The number of halogens is 1. The normalized spacial score (nSPS) is 7.00. The van der Waals surface area contributed by atoms with Crippen LogP contribution < -0.4 is 0 Å². The first kappa shape index (κ1) is 19.1. The molecule has 13 heavy (non-hydrogen) atoms. The van der Waals surface area contributed by atoms with E-state index in [0.717, 1.165) is 12.8 Å². The second-order valence-electron chi connectivity index (χ2n) is 2.26. The van der Waals surface area contributed by atoms with Crippen LogP contribution in [-0.2, 0) is 6.42 Å². The number of aryl methyl sites for hydroxylation is 1. The third-order valence-electron chi connectivity index (χ3n) is 1.20. The molecule has 0 radical (unpaired) electrons. The monoisotopic (exact) mass is 252 g/mol. The average Bonchev–Trinajstić information content (AvgIpc) is 2.08. The molecule has 0 fully saturated rings. The first-order chi connectivity index (χ1) is 5.35. The third kappa shape index (κ3) is 12.5. The molecule has 0 bridgehead atoms. The van der Waals surface area contributed by atoms with E-state index in [2.05, 4.69) is 32.0 Å². The summed E-state index contributed by atoms with van der Waals surface area (Å²) in [5.74, 6) is 0. The van der Waals surface area contributed by atoms with Crippen molar-refractivity contribution in [3.63, 3.8) is 0 Å². The van der Waals surface area contributed by atoms with Gasteiger partial charge in [-0.2, -0.15) is 42.3 Å². The minimum absolute atomic E-state index is 0. The molecule has 0 saturated carbocycles. The minimum atomic E-state index is 0. The Bertz CT molecular complexity index is 163. The molecule has 1 aromatic rings. The van der Waals surface area contributed by atoms with E-state index in [4.69, 9.17) is 0 Å². The van der Waals surface area contributed by atoms with Gasteiger partial charge in [0.1, 0.15) is 0 Å². The standard InChI is InChI=1S/C8H9.C3H7.BrH.Mg/c1-2-8-6-4-3-5-7-8;1-3-2;;/h4-7H,2H2,1H3;1,3H2,2H3;1H;/q2*-1;;+2. The summed E-state index contributed by atoms with van der Waals surface area (Å²) in [6.07, 6.45) is 2.12. The van der Waals surface area contributed by atoms with Crippen LogP contribution in [0.3, 0.4) is 0 Å². The van der Waals surface area contributed by atoms with Crippen LogP contribution in [0.5, 0.6) is 0 Å². The second-order valence-corrected chi connectivity index (χ2v) is 2.26. The smallest absolute Gasteiger partial charge is 0.344 e. The molecule has 0 heterocycles. The zero-order valence-electron chi connectivity index (χ0n) is 8.55. The fourth-order valence-electron chi connectivity index (χ4n) is 0.657. The van der Waals surface area contributed by atoms with Gasteiger partial charge in [0, 0.05) is 0 Å². The summed E-state index contributed by atoms with van der Waals surface area (Å²) in [4.78, 5) is 0. The zero-order chi connectivity index (χ0) is 8.53. The summed E-state index contributed by atoms with van der Waals surface area (Å²) in [6, 6.07) is 11.0. The topological polar surface area (TPSA) is 0 Å². The Kier molecular flexibility index (Phi) is 22.0. The zero-order valence-corrected chi connectivity index (χ0v) is 11.7. The Balaban J connectivity index is -0.000000180. The molecular formula is C11H17BrMg. The molecule has 0 N–H and O–H groups in total. The van der Waals surface area contributed by atoms with Gasteiger partial charge in [-0.3, -0.25) is 0 Å². The van der Waals surface area contributed by atoms with Crippen LogP contribution in [0.25, 0.3) is 0 Å². The van der Waals surface area contributed by atoms with Gasteiger partial charge in [-0.25, -0.2) is 0 Å². The first-order valence-corrected chi connectivity index (χ1v) is 4.09. The Hall–Kier alpha value is 0.466. The predicted molar refractivity (Wildman–Crippen MR) is 66.4 cm³/mol. The van der Waals surface area contributed by atoms with Crippen molar-refractivity contribution in [1.82, 2.24) is 0 Å². The van der Waals surface area contributed by atoms with E-state index in [1.807, 2.05) is 19.1 Å². The summed E-state index contributed by atoms with van der Waals surface area (Å²) < 4.78 is 0. The number of benzene rings is 1. The van der Waals surface area contributed by atoms with Crippen LogP contribution >= 0.6 is 17.0 Å². The Morgan fingerprint density at radius 2 is 1.62 bits per heavy atom. The molecule has 0 saturated heterocycles. The summed E-state index contributed by atoms with van der Waals surface area (Å²) in [7, 11) is 0. The maximum absolute atomic E-state index is 3.49. The molecular weight excluding hydrogens is 236 g/mol. The van der Waals surface area contributed by atoms with Crippen LogP contribution in [0.2, 0.25) is 0 Å². The van der Waals surface area contributed by atoms with E-state index in [9.17, 15) is 0 Å². The van der Waals surface area contributed by atoms with Gasteiger partial charge in [0.15, 0.2) is 0 Å². The van der Waals surface area contributed by atoms with Crippen LogP contribution in [0.1, 0.15) is 25.8 Å². The molecule has 1 aromatic carbocycles. The molecule has 1 rings (SSSR count). The van der Waals surface area contributed by atoms with Crippen molar-refractivity contribution in [3.8, 4) is 0 Å². The molecule has 0 spiro atoms. The van der Waals surface area contributed by atoms with Gasteiger partial charge >= 0.3 is 23.1 Å². The Labute approximate surface area is 109 Å². The number of rotatable bonds is 1. The molecule has 0 amide bonds. The van der Waals surface area contributed by atoms with E-state index < -0.39 is 0 Å². The predicted octanol–water partition coefficient (Wildman–Crippen LogP) is 3.48. The minimum Gasteiger partial charge on any atom is -0.344 e. The maximum atomic E-state index is 3.49. The molecule has 0 aromatic heterocycles. The largest absolute Gasteiger partial charge is 2.00 e. The average molecular weight is 253 g/mol. The Morgan fingerprint density at radius 3 is 1.85 bits per heavy atom. The fraction of sp³-hybridized carbons (Fsp3) is 0.364. The fourth-order valence-corrected chi connectivity index (χ4v) is 0.657. The molecule has 0 aliphatic heterocycles. The molecule has 70 valence electrons. The number of hydrogen-bond acceptors (Lipinski definition) is 0. The molecule has 2 heteroatoms. The summed E-state index contributed by atoms with van der Waals surface area (Å²) in [6.45, 7) is 7.65. The number of hydrogen-bond donors (Lipinski definition) is 0. The van der Waals surface area contributed by atoms with Crippen LogP contribution in [0.15, 0.2) is 24.3 Å². The SMILES string of the molecule is Br.CCc1cc[c-]cc1.[CH2-]CC.[Mg+2]. The van der Waals surface area contributed by atoms with Crippen molar-refractivity contribution in [3.05, 3.63) is 42.8 Å². The van der Waals surface area contributed by atoms with Crippen LogP contribution in [0, 0.1) is 13.0 Å². The van der Waals surface area contributed by atoms with Gasteiger partial charge in [0.25, 0.3) is 0 Å². The van der Waals surface area contributed by atoms with Gasteiger partial charge < -0.3 is 6.92 Å². The van der Waals surface area contributed by atoms with Crippen molar-refractivity contribution in [2.45, 2.75) is 26.7 Å². The summed E-state index contributed by atoms with van der Waals surface area (Å²) in [5, 5.41) is 0. The maximum Gasteiger partial charge on any atom is 2.00 e. The molecule has 0 nitrogen and oxygen atoms in total. The first-order valence-electron chi connectivity index (χ1n) is 4.09. The van der Waals surface area contributed by atoms with Crippen molar-refractivity contribution >= 4 is 40.0 Å². The van der Waals surface area contributed by atoms with E-state index in [1.54, 1.807) is 0 Å². The van der Waals surface area contributed by atoms with E-state index in [0.29, 0.717) is 0 Å². The van der Waals surface area contributed by atoms with E-state index in [-0.39, 0.29) is 40.0 Å². The molecule has 0 aliphatic carbocycles. The molecule has 0 aliphatic rings. The summed E-state index contributed by atoms with van der Waals surface area (Å²) in [5.41, 5.74) is 1.38. The summed E-state index contributed by atoms with van der Waals surface area (Å²) >= 11 is 0. The van der Waals surface area contributed by atoms with Gasteiger partial charge in [-0.1, -0.05) is 20.3 Å². The van der Waals surface area contributed by atoms with Gasteiger partial charge in [0.2, 0.25) is 0 Å². The molecule has 0 atom stereocenters.